The molecular formula is C16H15IN2O2. The Kier molecular flexibility index (Phi) is 5.32. The number of nitrogens with zero attached hydrogens (tertiary/aromatic N) is 1. The van der Waals surface area contributed by atoms with Crippen LogP contribution in [-0.2, 0) is 0 Å². The highest BCUT2D eigenvalue weighted by molar-refractivity contribution is 14.1. The summed E-state index contributed by atoms with van der Waals surface area (Å²) in [5.74, 6) is 0.465. The maximum absolute atomic E-state index is 12.0. The summed E-state index contributed by atoms with van der Waals surface area (Å²) >= 11 is 2.25. The van der Waals surface area contributed by atoms with E-state index < -0.39 is 0 Å². The van der Waals surface area contributed by atoms with Gasteiger partial charge in [0.05, 0.1) is 12.8 Å². The predicted molar refractivity (Wildman–Crippen MR) is 91.8 cm³/mol. The molecule has 2 rings (SSSR count). The zero-order valence-electron chi connectivity index (χ0n) is 11.8. The number of hydrogen-bond donors (Lipinski definition) is 1. The largest absolute Gasteiger partial charge is 0.497 e. The number of methoxy groups -OCH3 is 1. The highest BCUT2D eigenvalue weighted by Gasteiger charge is 2.05. The van der Waals surface area contributed by atoms with Gasteiger partial charge in [-0.2, -0.15) is 5.10 Å². The van der Waals surface area contributed by atoms with Crippen molar-refractivity contribution in [3.8, 4) is 5.75 Å². The van der Waals surface area contributed by atoms with E-state index in [4.69, 9.17) is 4.74 Å². The van der Waals surface area contributed by atoms with Crippen molar-refractivity contribution in [2.75, 3.05) is 7.11 Å². The molecule has 0 saturated heterocycles. The van der Waals surface area contributed by atoms with Crippen LogP contribution in [-0.4, -0.2) is 18.7 Å². The van der Waals surface area contributed by atoms with E-state index in [1.165, 1.54) is 0 Å². The summed E-state index contributed by atoms with van der Waals surface area (Å²) in [6.07, 6.45) is 0. The molecule has 2 aromatic carbocycles. The Bertz CT molecular complexity index is 649. The fourth-order valence-corrected chi connectivity index (χ4v) is 2.06. The van der Waals surface area contributed by atoms with Crippen LogP contribution < -0.4 is 10.2 Å². The minimum atomic E-state index is -0.248. The molecule has 0 heterocycles. The maximum Gasteiger partial charge on any atom is 0.271 e. The summed E-state index contributed by atoms with van der Waals surface area (Å²) < 4.78 is 6.21. The number of hydrogen-bond acceptors (Lipinski definition) is 3. The first-order valence-corrected chi connectivity index (χ1v) is 7.42. The normalized spacial score (nSPS) is 11.1. The van der Waals surface area contributed by atoms with E-state index >= 15 is 0 Å². The molecule has 0 aliphatic carbocycles. The standard InChI is InChI=1S/C16H15IN2O2/c1-11(12-3-7-14(17)8-4-12)18-19-16(20)13-5-9-15(21-2)10-6-13/h3-10H,1-2H3,(H,19,20). The first kappa shape index (κ1) is 15.5. The summed E-state index contributed by atoms with van der Waals surface area (Å²) in [6, 6.07) is 14.8. The van der Waals surface area contributed by atoms with Crippen molar-refractivity contribution in [1.29, 1.82) is 0 Å². The number of rotatable bonds is 4. The van der Waals surface area contributed by atoms with Crippen molar-refractivity contribution in [2.45, 2.75) is 6.92 Å². The Labute approximate surface area is 137 Å². The van der Waals surface area contributed by atoms with Crippen molar-refractivity contribution >= 4 is 34.2 Å². The number of hydrazone groups is 1. The van der Waals surface area contributed by atoms with E-state index in [2.05, 4.69) is 33.1 Å². The van der Waals surface area contributed by atoms with Gasteiger partial charge in [-0.15, -0.1) is 0 Å². The van der Waals surface area contributed by atoms with E-state index in [0.29, 0.717) is 11.3 Å². The molecule has 1 N–H and O–H groups in total. The number of benzene rings is 2. The highest BCUT2D eigenvalue weighted by atomic mass is 127. The van der Waals surface area contributed by atoms with Crippen LogP contribution in [0.3, 0.4) is 0 Å². The van der Waals surface area contributed by atoms with Gasteiger partial charge in [0, 0.05) is 9.13 Å². The Balaban J connectivity index is 2.04. The molecule has 0 bridgehead atoms. The molecule has 0 spiro atoms. The molecule has 0 aliphatic heterocycles. The lowest BCUT2D eigenvalue weighted by atomic mass is 10.1. The second-order valence-corrected chi connectivity index (χ2v) is 5.62. The number of ether oxygens (including phenoxy) is 1. The van der Waals surface area contributed by atoms with Crippen LogP contribution in [0.4, 0.5) is 0 Å². The van der Waals surface area contributed by atoms with E-state index in [0.717, 1.165) is 14.8 Å². The molecule has 5 heteroatoms. The first-order valence-electron chi connectivity index (χ1n) is 6.35. The second-order valence-electron chi connectivity index (χ2n) is 4.37. The predicted octanol–water partition coefficient (Wildman–Crippen LogP) is 3.45. The van der Waals surface area contributed by atoms with Crippen LogP contribution >= 0.6 is 22.6 Å². The number of halogens is 1. The Hall–Kier alpha value is -1.89. The van der Waals surface area contributed by atoms with E-state index in [1.807, 2.05) is 31.2 Å². The van der Waals surface area contributed by atoms with Crippen LogP contribution in [0.15, 0.2) is 53.6 Å². The van der Waals surface area contributed by atoms with Gasteiger partial charge in [-0.25, -0.2) is 5.43 Å². The van der Waals surface area contributed by atoms with Gasteiger partial charge in [-0.05, 0) is 71.5 Å². The summed E-state index contributed by atoms with van der Waals surface area (Å²) in [7, 11) is 1.59. The second kappa shape index (κ2) is 7.21. The molecule has 0 unspecified atom stereocenters. The van der Waals surface area contributed by atoms with Crippen LogP contribution in [0, 0.1) is 3.57 Å². The molecule has 0 fully saturated rings. The summed E-state index contributed by atoms with van der Waals surface area (Å²) in [5.41, 5.74) is 4.83. The molecule has 0 radical (unpaired) electrons. The lowest BCUT2D eigenvalue weighted by molar-refractivity contribution is 0.0955. The van der Waals surface area contributed by atoms with Gasteiger partial charge in [0.15, 0.2) is 0 Å². The van der Waals surface area contributed by atoms with Gasteiger partial charge in [0.2, 0.25) is 0 Å². The topological polar surface area (TPSA) is 50.7 Å². The van der Waals surface area contributed by atoms with Crippen LogP contribution in [0.5, 0.6) is 5.75 Å². The van der Waals surface area contributed by atoms with Gasteiger partial charge in [0.25, 0.3) is 5.91 Å². The third-order valence-corrected chi connectivity index (χ3v) is 3.66. The van der Waals surface area contributed by atoms with Crippen molar-refractivity contribution < 1.29 is 9.53 Å². The van der Waals surface area contributed by atoms with E-state index in [-0.39, 0.29) is 5.91 Å². The molecule has 2 aromatic rings. The average molecular weight is 394 g/mol. The summed E-state index contributed by atoms with van der Waals surface area (Å²) in [6.45, 7) is 1.86. The Morgan fingerprint density at radius 2 is 1.62 bits per heavy atom. The first-order chi connectivity index (χ1) is 10.1. The fourth-order valence-electron chi connectivity index (χ4n) is 1.70. The van der Waals surface area contributed by atoms with Crippen molar-refractivity contribution in [2.24, 2.45) is 5.10 Å². The quantitative estimate of drug-likeness (QED) is 0.491. The maximum atomic E-state index is 12.0. The molecule has 0 aliphatic rings. The van der Waals surface area contributed by atoms with Gasteiger partial charge in [-0.3, -0.25) is 4.79 Å². The molecular weight excluding hydrogens is 379 g/mol. The lowest BCUT2D eigenvalue weighted by Gasteiger charge is -2.04. The third kappa shape index (κ3) is 4.29. The number of nitrogens with one attached hydrogen (secondary N) is 1. The van der Waals surface area contributed by atoms with Crippen LogP contribution in [0.25, 0.3) is 0 Å². The lowest BCUT2D eigenvalue weighted by Crippen LogP contribution is -2.19. The number of carbonyl (C=O) groups is 1. The highest BCUT2D eigenvalue weighted by Crippen LogP contribution is 2.11. The van der Waals surface area contributed by atoms with Gasteiger partial charge in [0.1, 0.15) is 5.75 Å². The zero-order valence-corrected chi connectivity index (χ0v) is 13.9. The molecule has 4 nitrogen and oxygen atoms in total. The van der Waals surface area contributed by atoms with Crippen molar-refractivity contribution in [3.05, 3.63) is 63.2 Å². The fraction of sp³-hybridized carbons (Fsp3) is 0.125. The molecule has 0 atom stereocenters. The minimum absolute atomic E-state index is 0.248. The van der Waals surface area contributed by atoms with Gasteiger partial charge < -0.3 is 4.74 Å². The van der Waals surface area contributed by atoms with Crippen molar-refractivity contribution in [3.63, 3.8) is 0 Å². The van der Waals surface area contributed by atoms with Crippen molar-refractivity contribution in [1.82, 2.24) is 5.43 Å². The molecule has 0 saturated carbocycles. The Morgan fingerprint density at radius 3 is 2.19 bits per heavy atom. The van der Waals surface area contributed by atoms with Crippen LogP contribution in [0.2, 0.25) is 0 Å². The minimum Gasteiger partial charge on any atom is -0.497 e. The van der Waals surface area contributed by atoms with Gasteiger partial charge in [-0.1, -0.05) is 12.1 Å². The number of amides is 1. The molecule has 21 heavy (non-hydrogen) atoms. The summed E-state index contributed by atoms with van der Waals surface area (Å²) in [5, 5.41) is 4.13. The van der Waals surface area contributed by atoms with Gasteiger partial charge >= 0.3 is 0 Å². The monoisotopic (exact) mass is 394 g/mol. The Morgan fingerprint density at radius 1 is 1.05 bits per heavy atom. The van der Waals surface area contributed by atoms with E-state index in [9.17, 15) is 4.79 Å². The average Bonchev–Trinajstić information content (AvgIpc) is 2.53. The SMILES string of the molecule is COc1ccc(C(=O)NN=C(C)c2ccc(I)cc2)cc1. The number of carbonyl (C=O) groups excluding carboxylic acids is 1. The van der Waals surface area contributed by atoms with E-state index in [1.54, 1.807) is 31.4 Å². The molecule has 0 aromatic heterocycles. The molecule has 108 valence electrons. The smallest absolute Gasteiger partial charge is 0.271 e. The summed E-state index contributed by atoms with van der Waals surface area (Å²) in [4.78, 5) is 12.0. The van der Waals surface area contributed by atoms with Crippen LogP contribution in [0.1, 0.15) is 22.8 Å². The zero-order chi connectivity index (χ0) is 15.2. The third-order valence-electron chi connectivity index (χ3n) is 2.94. The molecule has 1 amide bonds.